The van der Waals surface area contributed by atoms with Crippen molar-refractivity contribution < 1.29 is 4.74 Å². The van der Waals surface area contributed by atoms with Crippen LogP contribution >= 0.6 is 23.2 Å². The molecule has 1 saturated heterocycles. The van der Waals surface area contributed by atoms with Crippen LogP contribution in [0, 0.1) is 0 Å². The van der Waals surface area contributed by atoms with Gasteiger partial charge in [0.15, 0.2) is 0 Å². The van der Waals surface area contributed by atoms with E-state index in [0.29, 0.717) is 0 Å². The second kappa shape index (κ2) is 4.17. The summed E-state index contributed by atoms with van der Waals surface area (Å²) in [5.74, 6) is 0. The van der Waals surface area contributed by atoms with E-state index in [4.69, 9.17) is 27.9 Å². The highest BCUT2D eigenvalue weighted by molar-refractivity contribution is 6.44. The highest BCUT2D eigenvalue weighted by Gasteiger charge is 2.29. The molecule has 0 N–H and O–H groups in total. The molecule has 0 amide bonds. The van der Waals surface area contributed by atoms with E-state index in [9.17, 15) is 0 Å². The molecule has 0 aromatic carbocycles. The minimum absolute atomic E-state index is 0.0194. The zero-order valence-electron chi connectivity index (χ0n) is 7.65. The van der Waals surface area contributed by atoms with E-state index in [1.165, 1.54) is 6.42 Å². The van der Waals surface area contributed by atoms with E-state index in [2.05, 4.69) is 13.8 Å². The van der Waals surface area contributed by atoms with E-state index < -0.39 is 0 Å². The molecule has 1 fully saturated rings. The number of hydrogen-bond acceptors (Lipinski definition) is 1. The van der Waals surface area contributed by atoms with Crippen LogP contribution in [0.3, 0.4) is 0 Å². The van der Waals surface area contributed by atoms with Crippen LogP contribution in [0.2, 0.25) is 0 Å². The molecule has 1 atom stereocenters. The Balaban J connectivity index is 2.36. The molecule has 0 saturated carbocycles. The summed E-state index contributed by atoms with van der Waals surface area (Å²) in [6.07, 6.45) is 4.47. The van der Waals surface area contributed by atoms with Gasteiger partial charge in [-0.05, 0) is 33.1 Å². The number of ether oxygens (including phenoxy) is 1. The van der Waals surface area contributed by atoms with Crippen LogP contribution in [-0.4, -0.2) is 16.5 Å². The maximum Gasteiger partial charge on any atom is 0.110 e. The number of halogens is 2. The minimum Gasteiger partial charge on any atom is -0.372 e. The molecular weight excluding hydrogens is 195 g/mol. The van der Waals surface area contributed by atoms with Gasteiger partial charge in [-0.3, -0.25) is 0 Å². The summed E-state index contributed by atoms with van der Waals surface area (Å²) in [6.45, 7) is 4.24. The number of rotatable bonds is 2. The van der Waals surface area contributed by atoms with E-state index in [1.54, 1.807) is 0 Å². The Morgan fingerprint density at radius 2 is 2.17 bits per heavy atom. The summed E-state index contributed by atoms with van der Waals surface area (Å²) in [6, 6.07) is 0. The quantitative estimate of drug-likeness (QED) is 0.635. The number of alkyl halides is 2. The standard InChI is InChI=1S/C9H16Cl2O/c1-9(2)5-3-4-7(12-9)6-8(10)11/h7-8H,3-6H2,1-2H3. The van der Waals surface area contributed by atoms with Gasteiger partial charge in [0.05, 0.1) is 11.7 Å². The fourth-order valence-corrected chi connectivity index (χ4v) is 2.09. The van der Waals surface area contributed by atoms with Crippen molar-refractivity contribution in [1.29, 1.82) is 0 Å². The Morgan fingerprint density at radius 1 is 1.50 bits per heavy atom. The van der Waals surface area contributed by atoms with Gasteiger partial charge in [-0.15, -0.1) is 23.2 Å². The predicted molar refractivity (Wildman–Crippen MR) is 52.9 cm³/mol. The molecule has 1 nitrogen and oxygen atoms in total. The highest BCUT2D eigenvalue weighted by atomic mass is 35.5. The van der Waals surface area contributed by atoms with Crippen LogP contribution in [-0.2, 0) is 4.74 Å². The zero-order valence-corrected chi connectivity index (χ0v) is 9.16. The van der Waals surface area contributed by atoms with Gasteiger partial charge in [-0.2, -0.15) is 0 Å². The van der Waals surface area contributed by atoms with Crippen molar-refractivity contribution in [2.75, 3.05) is 0 Å². The lowest BCUT2D eigenvalue weighted by atomic mass is 9.94. The molecule has 0 bridgehead atoms. The van der Waals surface area contributed by atoms with Gasteiger partial charge >= 0.3 is 0 Å². The van der Waals surface area contributed by atoms with E-state index in [-0.39, 0.29) is 16.5 Å². The fourth-order valence-electron chi connectivity index (χ4n) is 1.69. The monoisotopic (exact) mass is 210 g/mol. The summed E-state index contributed by atoms with van der Waals surface area (Å²) >= 11 is 11.4. The average molecular weight is 211 g/mol. The van der Waals surface area contributed by atoms with Crippen LogP contribution in [0.4, 0.5) is 0 Å². The van der Waals surface area contributed by atoms with Crippen LogP contribution in [0.5, 0.6) is 0 Å². The Kier molecular flexibility index (Phi) is 3.69. The summed E-state index contributed by atoms with van der Waals surface area (Å²) in [4.78, 5) is -0.288. The van der Waals surface area contributed by atoms with Crippen LogP contribution in [0.1, 0.15) is 39.5 Å². The van der Waals surface area contributed by atoms with Gasteiger partial charge < -0.3 is 4.74 Å². The molecule has 1 heterocycles. The molecule has 72 valence electrons. The van der Waals surface area contributed by atoms with Crippen molar-refractivity contribution in [3.05, 3.63) is 0 Å². The molecular formula is C9H16Cl2O. The van der Waals surface area contributed by atoms with Crippen LogP contribution < -0.4 is 0 Å². The second-order valence-corrected chi connectivity index (χ2v) is 5.30. The smallest absolute Gasteiger partial charge is 0.110 e. The first-order valence-electron chi connectivity index (χ1n) is 4.45. The van der Waals surface area contributed by atoms with Crippen molar-refractivity contribution in [3.8, 4) is 0 Å². The summed E-state index contributed by atoms with van der Waals surface area (Å²) in [7, 11) is 0. The maximum absolute atomic E-state index is 5.82. The first kappa shape index (κ1) is 10.6. The SMILES string of the molecule is CC1(C)CCCC(CC(Cl)Cl)O1. The van der Waals surface area contributed by atoms with Crippen LogP contribution in [0.25, 0.3) is 0 Å². The van der Waals surface area contributed by atoms with Crippen molar-refractivity contribution in [1.82, 2.24) is 0 Å². The molecule has 3 heteroatoms. The molecule has 12 heavy (non-hydrogen) atoms. The van der Waals surface area contributed by atoms with Gasteiger partial charge in [-0.25, -0.2) is 0 Å². The summed E-state index contributed by atoms with van der Waals surface area (Å²) in [5, 5.41) is 0. The van der Waals surface area contributed by atoms with Gasteiger partial charge in [0.2, 0.25) is 0 Å². The minimum atomic E-state index is -0.288. The third kappa shape index (κ3) is 3.51. The molecule has 0 aromatic heterocycles. The molecule has 1 unspecified atom stereocenters. The molecule has 1 aliphatic rings. The van der Waals surface area contributed by atoms with E-state index in [1.807, 2.05) is 0 Å². The lowest BCUT2D eigenvalue weighted by Crippen LogP contribution is -2.35. The molecule has 0 radical (unpaired) electrons. The molecule has 1 rings (SSSR count). The first-order valence-corrected chi connectivity index (χ1v) is 5.33. The van der Waals surface area contributed by atoms with Crippen molar-refractivity contribution >= 4 is 23.2 Å². The molecule has 0 aromatic rings. The Bertz CT molecular complexity index is 145. The summed E-state index contributed by atoms with van der Waals surface area (Å²) in [5.41, 5.74) is 0.0194. The van der Waals surface area contributed by atoms with Crippen molar-refractivity contribution in [2.45, 2.75) is 56.1 Å². The molecule has 0 aliphatic carbocycles. The van der Waals surface area contributed by atoms with Gasteiger partial charge in [0.25, 0.3) is 0 Å². The topological polar surface area (TPSA) is 9.23 Å². The van der Waals surface area contributed by atoms with Gasteiger partial charge in [0.1, 0.15) is 4.84 Å². The summed E-state index contributed by atoms with van der Waals surface area (Å²) < 4.78 is 5.82. The number of hydrogen-bond donors (Lipinski definition) is 0. The van der Waals surface area contributed by atoms with Gasteiger partial charge in [-0.1, -0.05) is 0 Å². The normalized spacial score (nSPS) is 29.2. The maximum atomic E-state index is 5.82. The van der Waals surface area contributed by atoms with E-state index >= 15 is 0 Å². The predicted octanol–water partition coefficient (Wildman–Crippen LogP) is 3.53. The second-order valence-electron chi connectivity index (χ2n) is 4.02. The average Bonchev–Trinajstić information content (AvgIpc) is 1.82. The first-order chi connectivity index (χ1) is 5.49. The van der Waals surface area contributed by atoms with Crippen LogP contribution in [0.15, 0.2) is 0 Å². The Morgan fingerprint density at radius 3 is 2.67 bits per heavy atom. The fraction of sp³-hybridized carbons (Fsp3) is 1.00. The van der Waals surface area contributed by atoms with Gasteiger partial charge in [0, 0.05) is 6.42 Å². The Labute approximate surface area is 84.4 Å². The zero-order chi connectivity index (χ0) is 9.19. The van der Waals surface area contributed by atoms with Crippen molar-refractivity contribution in [2.24, 2.45) is 0 Å². The Hall–Kier alpha value is 0.540. The van der Waals surface area contributed by atoms with E-state index in [0.717, 1.165) is 19.3 Å². The lowest BCUT2D eigenvalue weighted by Gasteiger charge is -2.36. The molecule has 0 spiro atoms. The van der Waals surface area contributed by atoms with Crippen molar-refractivity contribution in [3.63, 3.8) is 0 Å². The lowest BCUT2D eigenvalue weighted by molar-refractivity contribution is -0.107. The largest absolute Gasteiger partial charge is 0.372 e. The highest BCUT2D eigenvalue weighted by Crippen LogP contribution is 2.30. The third-order valence-electron chi connectivity index (χ3n) is 2.23. The molecule has 1 aliphatic heterocycles. The third-order valence-corrected chi connectivity index (χ3v) is 2.59.